The number of carbonyl (C=O) groups is 2. The fourth-order valence-corrected chi connectivity index (χ4v) is 2.04. The number of ether oxygens (including phenoxy) is 1. The van der Waals surface area contributed by atoms with Crippen molar-refractivity contribution < 1.29 is 19.4 Å². The number of aliphatic carboxylic acids is 1. The number of nitrogens with one attached hydrogen (secondary N) is 1. The molecular weight excluding hydrogens is 258 g/mol. The van der Waals surface area contributed by atoms with Crippen LogP contribution in [0, 0.1) is 11.8 Å². The average Bonchev–Trinajstić information content (AvgIpc) is 3.17. The summed E-state index contributed by atoms with van der Waals surface area (Å²) in [5, 5.41) is 11.5. The maximum atomic E-state index is 11.7. The largest absolute Gasteiger partial charge is 0.491 e. The number of amides is 1. The number of carboxylic acids is 1. The van der Waals surface area contributed by atoms with Crippen molar-refractivity contribution in [3.63, 3.8) is 0 Å². The van der Waals surface area contributed by atoms with Gasteiger partial charge in [0.05, 0.1) is 17.9 Å². The van der Waals surface area contributed by atoms with Gasteiger partial charge < -0.3 is 15.2 Å². The Kier molecular flexibility index (Phi) is 4.27. The van der Waals surface area contributed by atoms with Crippen LogP contribution in [0.3, 0.4) is 0 Å². The van der Waals surface area contributed by atoms with Gasteiger partial charge in [-0.15, -0.1) is 0 Å². The Hall–Kier alpha value is -2.04. The molecule has 1 aromatic rings. The Morgan fingerprint density at radius 1 is 1.30 bits per heavy atom. The third-order valence-corrected chi connectivity index (χ3v) is 3.21. The number of carbonyl (C=O) groups excluding carboxylic acids is 1. The normalized spacial score (nSPS) is 20.6. The Balaban J connectivity index is 1.80. The van der Waals surface area contributed by atoms with Crippen LogP contribution in [-0.4, -0.2) is 23.1 Å². The Labute approximate surface area is 117 Å². The summed E-state index contributed by atoms with van der Waals surface area (Å²) < 4.78 is 5.53. The van der Waals surface area contributed by atoms with E-state index in [2.05, 4.69) is 5.32 Å². The maximum Gasteiger partial charge on any atom is 0.307 e. The second-order valence-corrected chi connectivity index (χ2v) is 5.32. The molecule has 1 aliphatic carbocycles. The van der Waals surface area contributed by atoms with Gasteiger partial charge in [0.25, 0.3) is 0 Å². The molecule has 0 bridgehead atoms. The van der Waals surface area contributed by atoms with Gasteiger partial charge in [0, 0.05) is 6.54 Å². The number of rotatable bonds is 6. The molecule has 5 nitrogen and oxygen atoms in total. The monoisotopic (exact) mass is 277 g/mol. The topological polar surface area (TPSA) is 75.6 Å². The molecule has 0 radical (unpaired) electrons. The summed E-state index contributed by atoms with van der Waals surface area (Å²) in [4.78, 5) is 22.4. The smallest absolute Gasteiger partial charge is 0.307 e. The fraction of sp³-hybridized carbons (Fsp3) is 0.467. The minimum Gasteiger partial charge on any atom is -0.491 e. The van der Waals surface area contributed by atoms with Crippen molar-refractivity contribution in [1.82, 2.24) is 5.32 Å². The molecular formula is C15H19NO4. The van der Waals surface area contributed by atoms with Crippen molar-refractivity contribution in [2.24, 2.45) is 11.8 Å². The molecule has 5 heteroatoms. The third kappa shape index (κ3) is 3.73. The molecule has 1 amide bonds. The second-order valence-electron chi connectivity index (χ2n) is 5.32. The van der Waals surface area contributed by atoms with Crippen LogP contribution in [0.4, 0.5) is 0 Å². The summed E-state index contributed by atoms with van der Waals surface area (Å²) in [6, 6.07) is 7.50. The van der Waals surface area contributed by atoms with E-state index >= 15 is 0 Å². The standard InChI is InChI=1S/C15H19NO4/c1-9(2)20-11-5-3-10(4-6-11)8-16-14(17)12-7-13(12)15(18)19/h3-6,9,12-13H,7-8H2,1-2H3,(H,16,17)(H,18,19)/t12-,13+/m1/s1. The molecule has 0 aromatic heterocycles. The molecule has 2 rings (SSSR count). The first-order valence-electron chi connectivity index (χ1n) is 6.73. The zero-order chi connectivity index (χ0) is 14.7. The zero-order valence-corrected chi connectivity index (χ0v) is 11.6. The highest BCUT2D eigenvalue weighted by Crippen LogP contribution is 2.38. The lowest BCUT2D eigenvalue weighted by atomic mass is 10.2. The number of carboxylic acid groups (broad SMARTS) is 1. The Morgan fingerprint density at radius 2 is 1.95 bits per heavy atom. The quantitative estimate of drug-likeness (QED) is 0.831. The predicted molar refractivity (Wildman–Crippen MR) is 73.3 cm³/mol. The van der Waals surface area contributed by atoms with E-state index in [-0.39, 0.29) is 17.9 Å². The van der Waals surface area contributed by atoms with Gasteiger partial charge in [0.1, 0.15) is 5.75 Å². The van der Waals surface area contributed by atoms with E-state index in [1.807, 2.05) is 38.1 Å². The van der Waals surface area contributed by atoms with Crippen molar-refractivity contribution in [2.45, 2.75) is 32.9 Å². The number of benzene rings is 1. The highest BCUT2D eigenvalue weighted by molar-refractivity contribution is 5.89. The summed E-state index contributed by atoms with van der Waals surface area (Å²) in [6.07, 6.45) is 0.575. The molecule has 20 heavy (non-hydrogen) atoms. The molecule has 0 unspecified atom stereocenters. The zero-order valence-electron chi connectivity index (χ0n) is 11.6. The van der Waals surface area contributed by atoms with Gasteiger partial charge in [-0.25, -0.2) is 0 Å². The van der Waals surface area contributed by atoms with Crippen molar-refractivity contribution in [1.29, 1.82) is 0 Å². The molecule has 1 aromatic carbocycles. The third-order valence-electron chi connectivity index (χ3n) is 3.21. The summed E-state index contributed by atoms with van der Waals surface area (Å²) in [5.74, 6) is -1.14. The molecule has 1 aliphatic rings. The first-order chi connectivity index (χ1) is 9.47. The average molecular weight is 277 g/mol. The van der Waals surface area contributed by atoms with Crippen LogP contribution < -0.4 is 10.1 Å². The lowest BCUT2D eigenvalue weighted by Crippen LogP contribution is -2.25. The van der Waals surface area contributed by atoms with Gasteiger partial charge in [-0.2, -0.15) is 0 Å². The Morgan fingerprint density at radius 3 is 2.45 bits per heavy atom. The molecule has 1 saturated carbocycles. The molecule has 2 atom stereocenters. The van der Waals surface area contributed by atoms with E-state index in [1.54, 1.807) is 0 Å². The van der Waals surface area contributed by atoms with E-state index in [1.165, 1.54) is 0 Å². The van der Waals surface area contributed by atoms with Crippen LogP contribution in [0.15, 0.2) is 24.3 Å². The van der Waals surface area contributed by atoms with Crippen LogP contribution in [0.2, 0.25) is 0 Å². The summed E-state index contributed by atoms with van der Waals surface area (Å²) >= 11 is 0. The minimum absolute atomic E-state index is 0.128. The highest BCUT2D eigenvalue weighted by Gasteiger charge is 2.48. The van der Waals surface area contributed by atoms with Crippen LogP contribution >= 0.6 is 0 Å². The summed E-state index contributed by atoms with van der Waals surface area (Å²) in [6.45, 7) is 4.33. The van der Waals surface area contributed by atoms with Gasteiger partial charge in [0.15, 0.2) is 0 Å². The van der Waals surface area contributed by atoms with Crippen LogP contribution in [0.1, 0.15) is 25.8 Å². The van der Waals surface area contributed by atoms with Crippen molar-refractivity contribution in [3.05, 3.63) is 29.8 Å². The van der Waals surface area contributed by atoms with E-state index in [0.717, 1.165) is 11.3 Å². The molecule has 0 saturated heterocycles. The molecule has 1 fully saturated rings. The molecule has 108 valence electrons. The summed E-state index contributed by atoms with van der Waals surface area (Å²) in [7, 11) is 0. The van der Waals surface area contributed by atoms with Gasteiger partial charge >= 0.3 is 5.97 Å². The number of hydrogen-bond acceptors (Lipinski definition) is 3. The van der Waals surface area contributed by atoms with Crippen LogP contribution in [0.5, 0.6) is 5.75 Å². The summed E-state index contributed by atoms with van der Waals surface area (Å²) in [5.41, 5.74) is 0.960. The van der Waals surface area contributed by atoms with E-state index < -0.39 is 11.9 Å². The molecule has 0 spiro atoms. The van der Waals surface area contributed by atoms with E-state index in [9.17, 15) is 9.59 Å². The lowest BCUT2D eigenvalue weighted by molar-refractivity contribution is -0.140. The molecule has 2 N–H and O–H groups in total. The van der Waals surface area contributed by atoms with Crippen molar-refractivity contribution >= 4 is 11.9 Å². The maximum absolute atomic E-state index is 11.7. The number of hydrogen-bond donors (Lipinski definition) is 2. The van der Waals surface area contributed by atoms with Gasteiger partial charge in [0.2, 0.25) is 5.91 Å². The SMILES string of the molecule is CC(C)Oc1ccc(CNC(=O)[C@@H]2C[C@@H]2C(=O)O)cc1. The van der Waals surface area contributed by atoms with Crippen LogP contribution in [0.25, 0.3) is 0 Å². The van der Waals surface area contributed by atoms with Crippen molar-refractivity contribution in [3.8, 4) is 5.75 Å². The van der Waals surface area contributed by atoms with Crippen molar-refractivity contribution in [2.75, 3.05) is 0 Å². The fourth-order valence-electron chi connectivity index (χ4n) is 2.04. The predicted octanol–water partition coefficient (Wildman–Crippen LogP) is 1.81. The first kappa shape index (κ1) is 14.4. The van der Waals surface area contributed by atoms with Gasteiger partial charge in [-0.05, 0) is 38.0 Å². The lowest BCUT2D eigenvalue weighted by Gasteiger charge is -2.10. The van der Waals surface area contributed by atoms with E-state index in [4.69, 9.17) is 9.84 Å². The molecule has 0 aliphatic heterocycles. The highest BCUT2D eigenvalue weighted by atomic mass is 16.5. The van der Waals surface area contributed by atoms with Gasteiger partial charge in [-0.3, -0.25) is 9.59 Å². The van der Waals surface area contributed by atoms with Gasteiger partial charge in [-0.1, -0.05) is 12.1 Å². The van der Waals surface area contributed by atoms with E-state index in [0.29, 0.717) is 13.0 Å². The first-order valence-corrected chi connectivity index (χ1v) is 6.73. The second kappa shape index (κ2) is 5.94. The molecule has 0 heterocycles. The minimum atomic E-state index is -0.889. The van der Waals surface area contributed by atoms with Crippen LogP contribution in [-0.2, 0) is 16.1 Å². The Bertz CT molecular complexity index is 495.